The van der Waals surface area contributed by atoms with Crippen LogP contribution in [0.2, 0.25) is 0 Å². The van der Waals surface area contributed by atoms with Gasteiger partial charge in [0.1, 0.15) is 22.6 Å². The van der Waals surface area contributed by atoms with Crippen LogP contribution in [0.5, 0.6) is 11.5 Å². The Bertz CT molecular complexity index is 848. The molecular weight excluding hydrogens is 474 g/mol. The lowest BCUT2D eigenvalue weighted by Gasteiger charge is -2.37. The van der Waals surface area contributed by atoms with Gasteiger partial charge in [-0.05, 0) is 75.3 Å². The van der Waals surface area contributed by atoms with E-state index in [0.717, 1.165) is 30.9 Å². The van der Waals surface area contributed by atoms with Crippen LogP contribution in [0.15, 0.2) is 12.1 Å². The fourth-order valence-corrected chi connectivity index (χ4v) is 5.86. The summed E-state index contributed by atoms with van der Waals surface area (Å²) in [7, 11) is 0. The SMILES string of the molecule is CCCC1CCC(C2CCC(C(=O)Oc3ccc(OCC)c(C(F)(F)F)c3C(F)(F)F)CC2)CC1. The van der Waals surface area contributed by atoms with E-state index in [4.69, 9.17) is 9.47 Å². The molecule has 3 nitrogen and oxygen atoms in total. The second-order valence-electron chi connectivity index (χ2n) is 9.84. The lowest BCUT2D eigenvalue weighted by molar-refractivity contribution is -0.165. The van der Waals surface area contributed by atoms with Crippen molar-refractivity contribution in [2.24, 2.45) is 23.7 Å². The van der Waals surface area contributed by atoms with Crippen molar-refractivity contribution in [1.82, 2.24) is 0 Å². The fourth-order valence-electron chi connectivity index (χ4n) is 5.86. The third-order valence-corrected chi connectivity index (χ3v) is 7.57. The monoisotopic (exact) mass is 508 g/mol. The number of hydrogen-bond acceptors (Lipinski definition) is 3. The molecule has 9 heteroatoms. The molecule has 0 bridgehead atoms. The van der Waals surface area contributed by atoms with Crippen LogP contribution in [-0.4, -0.2) is 12.6 Å². The van der Waals surface area contributed by atoms with Gasteiger partial charge in [0.05, 0.1) is 12.5 Å². The van der Waals surface area contributed by atoms with Gasteiger partial charge in [0.25, 0.3) is 0 Å². The lowest BCUT2D eigenvalue weighted by Crippen LogP contribution is -2.30. The van der Waals surface area contributed by atoms with Crippen LogP contribution >= 0.6 is 0 Å². The van der Waals surface area contributed by atoms with Crippen molar-refractivity contribution in [3.8, 4) is 11.5 Å². The zero-order valence-electron chi connectivity index (χ0n) is 20.2. The topological polar surface area (TPSA) is 35.5 Å². The van der Waals surface area contributed by atoms with E-state index in [1.54, 1.807) is 0 Å². The number of carbonyl (C=O) groups is 1. The van der Waals surface area contributed by atoms with Crippen LogP contribution in [0.1, 0.15) is 89.2 Å². The van der Waals surface area contributed by atoms with Crippen molar-refractivity contribution >= 4 is 5.97 Å². The van der Waals surface area contributed by atoms with E-state index < -0.39 is 46.9 Å². The Morgan fingerprint density at radius 3 is 1.77 bits per heavy atom. The summed E-state index contributed by atoms with van der Waals surface area (Å²) in [6.07, 6.45) is -0.973. The molecular formula is C26H34F6O3. The van der Waals surface area contributed by atoms with E-state index in [0.29, 0.717) is 24.7 Å². The molecule has 0 aromatic heterocycles. The molecule has 1 aromatic rings. The molecule has 0 atom stereocenters. The molecule has 0 unspecified atom stereocenters. The number of esters is 1. The minimum atomic E-state index is -5.39. The third-order valence-electron chi connectivity index (χ3n) is 7.57. The molecule has 0 N–H and O–H groups in total. The Kier molecular flexibility index (Phi) is 9.02. The average molecular weight is 509 g/mol. The normalized spacial score (nSPS) is 25.8. The van der Waals surface area contributed by atoms with Gasteiger partial charge in [0.15, 0.2) is 0 Å². The lowest BCUT2D eigenvalue weighted by atomic mass is 9.69. The molecule has 2 fully saturated rings. The maximum Gasteiger partial charge on any atom is 0.420 e. The third kappa shape index (κ3) is 6.85. The molecule has 0 saturated heterocycles. The van der Waals surface area contributed by atoms with Gasteiger partial charge in [0.2, 0.25) is 0 Å². The summed E-state index contributed by atoms with van der Waals surface area (Å²) in [6.45, 7) is 3.32. The Balaban J connectivity index is 1.69. The van der Waals surface area contributed by atoms with E-state index in [1.807, 2.05) is 0 Å². The first-order chi connectivity index (χ1) is 16.5. The van der Waals surface area contributed by atoms with E-state index in [-0.39, 0.29) is 6.61 Å². The number of hydrogen-bond donors (Lipinski definition) is 0. The predicted octanol–water partition coefficient (Wildman–Crippen LogP) is 8.44. The summed E-state index contributed by atoms with van der Waals surface area (Å²) < 4.78 is 91.8. The maximum absolute atomic E-state index is 13.7. The van der Waals surface area contributed by atoms with Gasteiger partial charge >= 0.3 is 18.3 Å². The molecule has 35 heavy (non-hydrogen) atoms. The van der Waals surface area contributed by atoms with Crippen LogP contribution in [0.4, 0.5) is 26.3 Å². The van der Waals surface area contributed by atoms with Crippen LogP contribution < -0.4 is 9.47 Å². The van der Waals surface area contributed by atoms with Crippen molar-refractivity contribution < 1.29 is 40.6 Å². The van der Waals surface area contributed by atoms with Gasteiger partial charge in [-0.25, -0.2) is 0 Å². The summed E-state index contributed by atoms with van der Waals surface area (Å²) in [5.41, 5.74) is -4.00. The maximum atomic E-state index is 13.7. The highest BCUT2D eigenvalue weighted by atomic mass is 19.4. The van der Waals surface area contributed by atoms with Crippen LogP contribution in [0.3, 0.4) is 0 Å². The van der Waals surface area contributed by atoms with Crippen molar-refractivity contribution in [3.63, 3.8) is 0 Å². The molecule has 2 aliphatic rings. The quantitative estimate of drug-likeness (QED) is 0.211. The summed E-state index contributed by atoms with van der Waals surface area (Å²) in [6, 6.07) is 1.51. The van der Waals surface area contributed by atoms with Gasteiger partial charge in [-0.1, -0.05) is 32.6 Å². The van der Waals surface area contributed by atoms with Gasteiger partial charge in [0, 0.05) is 0 Å². The smallest absolute Gasteiger partial charge is 0.420 e. The van der Waals surface area contributed by atoms with E-state index in [2.05, 4.69) is 6.92 Å². The largest absolute Gasteiger partial charge is 0.493 e. The Morgan fingerprint density at radius 2 is 1.29 bits per heavy atom. The number of rotatable bonds is 7. The molecule has 0 amide bonds. The Hall–Kier alpha value is -1.93. The van der Waals surface area contributed by atoms with Crippen molar-refractivity contribution in [2.45, 2.75) is 90.4 Å². The highest BCUT2D eigenvalue weighted by Gasteiger charge is 2.49. The number of ether oxygens (including phenoxy) is 2. The highest BCUT2D eigenvalue weighted by molar-refractivity contribution is 5.76. The molecule has 3 rings (SSSR count). The number of halogens is 6. The van der Waals surface area contributed by atoms with Gasteiger partial charge in [-0.3, -0.25) is 4.79 Å². The Labute approximate surface area is 202 Å². The van der Waals surface area contributed by atoms with Gasteiger partial charge in [-0.2, -0.15) is 26.3 Å². The zero-order chi connectivity index (χ0) is 25.8. The Morgan fingerprint density at radius 1 is 0.800 bits per heavy atom. The van der Waals surface area contributed by atoms with Gasteiger partial charge < -0.3 is 9.47 Å². The van der Waals surface area contributed by atoms with E-state index >= 15 is 0 Å². The van der Waals surface area contributed by atoms with Crippen molar-refractivity contribution in [2.75, 3.05) is 6.61 Å². The molecule has 198 valence electrons. The summed E-state index contributed by atoms with van der Waals surface area (Å²) in [5.74, 6) is -1.72. The first kappa shape index (κ1) is 27.7. The van der Waals surface area contributed by atoms with E-state index in [9.17, 15) is 31.1 Å². The second-order valence-corrected chi connectivity index (χ2v) is 9.84. The summed E-state index contributed by atoms with van der Waals surface area (Å²) in [5, 5.41) is 0. The molecule has 0 radical (unpaired) electrons. The fraction of sp³-hybridized carbons (Fsp3) is 0.731. The minimum absolute atomic E-state index is 0.247. The molecule has 0 spiro atoms. The zero-order valence-corrected chi connectivity index (χ0v) is 20.2. The number of benzene rings is 1. The van der Waals surface area contributed by atoms with Crippen molar-refractivity contribution in [1.29, 1.82) is 0 Å². The molecule has 0 aliphatic heterocycles. The first-order valence-electron chi connectivity index (χ1n) is 12.6. The summed E-state index contributed by atoms with van der Waals surface area (Å²) >= 11 is 0. The molecule has 1 aromatic carbocycles. The number of alkyl halides is 6. The van der Waals surface area contributed by atoms with Crippen LogP contribution in [0, 0.1) is 23.7 Å². The predicted molar refractivity (Wildman–Crippen MR) is 119 cm³/mol. The van der Waals surface area contributed by atoms with Gasteiger partial charge in [-0.15, -0.1) is 0 Å². The minimum Gasteiger partial charge on any atom is -0.493 e. The van der Waals surface area contributed by atoms with Crippen LogP contribution in [0.25, 0.3) is 0 Å². The number of carbonyl (C=O) groups excluding carboxylic acids is 1. The van der Waals surface area contributed by atoms with Crippen molar-refractivity contribution in [3.05, 3.63) is 23.3 Å². The molecule has 2 aliphatic carbocycles. The molecule has 2 saturated carbocycles. The molecule has 0 heterocycles. The summed E-state index contributed by atoms with van der Waals surface area (Å²) in [4.78, 5) is 12.7. The highest BCUT2D eigenvalue weighted by Crippen LogP contribution is 2.49. The average Bonchev–Trinajstić information content (AvgIpc) is 2.79. The standard InChI is InChI=1S/C26H34F6O3/c1-3-5-16-6-8-17(9-7-16)18-10-12-19(13-11-18)24(33)35-21-15-14-20(34-4-2)22(25(27,28)29)23(21)26(30,31)32/h14-19H,3-13H2,1-2H3. The van der Waals surface area contributed by atoms with Crippen LogP contribution in [-0.2, 0) is 17.1 Å². The first-order valence-corrected chi connectivity index (χ1v) is 12.6. The van der Waals surface area contributed by atoms with E-state index in [1.165, 1.54) is 45.4 Å². The second kappa shape index (κ2) is 11.4.